The molecule has 5 rings (SSSR count). The van der Waals surface area contributed by atoms with Crippen LogP contribution in [-0.2, 0) is 22.7 Å². The number of amides is 3. The van der Waals surface area contributed by atoms with Gasteiger partial charge < -0.3 is 15.5 Å². The molecule has 7 heteroatoms. The highest BCUT2D eigenvalue weighted by molar-refractivity contribution is 6.05. The Morgan fingerprint density at radius 3 is 2.93 bits per heavy atom. The Morgan fingerprint density at radius 2 is 2.07 bits per heavy atom. The molecule has 1 saturated carbocycles. The summed E-state index contributed by atoms with van der Waals surface area (Å²) >= 11 is 0. The van der Waals surface area contributed by atoms with Crippen molar-refractivity contribution in [2.45, 2.75) is 56.8 Å². The van der Waals surface area contributed by atoms with Crippen molar-refractivity contribution in [3.63, 3.8) is 0 Å². The standard InChI is InChI=1S/C21H26N4O3/c26-18-4-3-17(19(27)24-18)25-12-14-2-1-13(9-16(14)20(25)28)11-23-21-6-8-22-7-5-15(21)10-21/h1-2,9,15,17,22-23H,3-8,10-12H2,(H,24,26,27). The molecule has 3 atom stereocenters. The summed E-state index contributed by atoms with van der Waals surface area (Å²) in [6, 6.07) is 5.51. The molecule has 2 saturated heterocycles. The predicted octanol–water partition coefficient (Wildman–Crippen LogP) is 0.679. The molecule has 0 spiro atoms. The lowest BCUT2D eigenvalue weighted by Crippen LogP contribution is -2.52. The van der Waals surface area contributed by atoms with E-state index in [-0.39, 0.29) is 29.7 Å². The van der Waals surface area contributed by atoms with E-state index < -0.39 is 6.04 Å². The molecule has 3 fully saturated rings. The number of piperidine rings is 1. The minimum Gasteiger partial charge on any atom is -0.322 e. The lowest BCUT2D eigenvalue weighted by molar-refractivity contribution is -0.136. The average molecular weight is 382 g/mol. The van der Waals surface area contributed by atoms with Crippen molar-refractivity contribution >= 4 is 17.7 Å². The number of benzene rings is 1. The zero-order valence-corrected chi connectivity index (χ0v) is 15.9. The molecule has 3 amide bonds. The molecular weight excluding hydrogens is 356 g/mol. The number of nitrogens with one attached hydrogen (secondary N) is 3. The second-order valence-electron chi connectivity index (χ2n) is 8.59. The van der Waals surface area contributed by atoms with Gasteiger partial charge in [-0.1, -0.05) is 12.1 Å². The summed E-state index contributed by atoms with van der Waals surface area (Å²) in [5.41, 5.74) is 3.02. The Bertz CT molecular complexity index is 854. The van der Waals surface area contributed by atoms with E-state index in [9.17, 15) is 14.4 Å². The first kappa shape index (κ1) is 17.8. The zero-order valence-electron chi connectivity index (χ0n) is 15.9. The van der Waals surface area contributed by atoms with Crippen LogP contribution in [0.3, 0.4) is 0 Å². The van der Waals surface area contributed by atoms with E-state index in [1.807, 2.05) is 12.1 Å². The SMILES string of the molecule is O=C1CCC(N2Cc3ccc(CNC45CCNCCC4C5)cc3C2=O)C(=O)N1. The van der Waals surface area contributed by atoms with E-state index in [1.54, 1.807) is 4.90 Å². The summed E-state index contributed by atoms with van der Waals surface area (Å²) in [7, 11) is 0. The van der Waals surface area contributed by atoms with Gasteiger partial charge in [-0.25, -0.2) is 0 Å². The third-order valence-corrected chi connectivity index (χ3v) is 6.89. The van der Waals surface area contributed by atoms with Crippen LogP contribution >= 0.6 is 0 Å². The molecule has 1 aliphatic carbocycles. The number of carbonyl (C=O) groups is 3. The summed E-state index contributed by atoms with van der Waals surface area (Å²) in [6.45, 7) is 3.37. The van der Waals surface area contributed by atoms with Gasteiger partial charge in [-0.2, -0.15) is 0 Å². The Kier molecular flexibility index (Phi) is 4.25. The van der Waals surface area contributed by atoms with Gasteiger partial charge in [-0.3, -0.25) is 19.7 Å². The number of rotatable bonds is 4. The van der Waals surface area contributed by atoms with E-state index in [2.05, 4.69) is 22.0 Å². The van der Waals surface area contributed by atoms with Gasteiger partial charge >= 0.3 is 0 Å². The largest absolute Gasteiger partial charge is 0.322 e. The lowest BCUT2D eigenvalue weighted by atomic mass is 10.0. The molecule has 1 aromatic rings. The molecule has 4 aliphatic rings. The number of hydrogen-bond acceptors (Lipinski definition) is 5. The van der Waals surface area contributed by atoms with Crippen molar-refractivity contribution in [2.24, 2.45) is 5.92 Å². The Labute approximate surface area is 164 Å². The Morgan fingerprint density at radius 1 is 1.18 bits per heavy atom. The van der Waals surface area contributed by atoms with Crippen LogP contribution in [0.15, 0.2) is 18.2 Å². The number of fused-ring (bicyclic) bond motifs is 2. The molecule has 3 N–H and O–H groups in total. The molecule has 3 unspecified atom stereocenters. The quantitative estimate of drug-likeness (QED) is 0.667. The van der Waals surface area contributed by atoms with Gasteiger partial charge in [0.2, 0.25) is 11.8 Å². The Balaban J connectivity index is 1.27. The van der Waals surface area contributed by atoms with Crippen LogP contribution < -0.4 is 16.0 Å². The minimum atomic E-state index is -0.552. The molecule has 148 valence electrons. The number of nitrogens with zero attached hydrogens (tertiary/aromatic N) is 1. The van der Waals surface area contributed by atoms with Gasteiger partial charge in [0, 0.05) is 30.6 Å². The number of carbonyl (C=O) groups excluding carboxylic acids is 3. The molecule has 1 aromatic carbocycles. The van der Waals surface area contributed by atoms with Gasteiger partial charge in [0.25, 0.3) is 5.91 Å². The van der Waals surface area contributed by atoms with Crippen LogP contribution in [-0.4, -0.2) is 47.3 Å². The van der Waals surface area contributed by atoms with Crippen molar-refractivity contribution in [3.05, 3.63) is 34.9 Å². The summed E-state index contributed by atoms with van der Waals surface area (Å²) in [5.74, 6) is 0.0411. The van der Waals surface area contributed by atoms with Crippen LogP contribution in [0, 0.1) is 5.92 Å². The fourth-order valence-electron chi connectivity index (χ4n) is 5.07. The molecule has 7 nitrogen and oxygen atoms in total. The first-order valence-electron chi connectivity index (χ1n) is 10.3. The van der Waals surface area contributed by atoms with Crippen LogP contribution in [0.4, 0.5) is 0 Å². The Hall–Kier alpha value is -2.25. The van der Waals surface area contributed by atoms with E-state index in [0.29, 0.717) is 18.5 Å². The van der Waals surface area contributed by atoms with E-state index in [4.69, 9.17) is 0 Å². The third-order valence-electron chi connectivity index (χ3n) is 6.89. The summed E-state index contributed by atoms with van der Waals surface area (Å²) in [5, 5.41) is 9.57. The molecule has 0 radical (unpaired) electrons. The number of hydrogen-bond donors (Lipinski definition) is 3. The normalized spacial score (nSPS) is 31.9. The molecular formula is C21H26N4O3. The lowest BCUT2D eigenvalue weighted by Gasteiger charge is -2.29. The molecule has 0 aromatic heterocycles. The first-order valence-corrected chi connectivity index (χ1v) is 10.3. The van der Waals surface area contributed by atoms with Gasteiger partial charge in [0.15, 0.2) is 0 Å². The molecule has 3 aliphatic heterocycles. The van der Waals surface area contributed by atoms with Crippen molar-refractivity contribution in [3.8, 4) is 0 Å². The zero-order chi connectivity index (χ0) is 19.3. The molecule has 28 heavy (non-hydrogen) atoms. The van der Waals surface area contributed by atoms with Crippen LogP contribution in [0.1, 0.15) is 53.6 Å². The van der Waals surface area contributed by atoms with Crippen molar-refractivity contribution < 1.29 is 14.4 Å². The number of imide groups is 1. The smallest absolute Gasteiger partial charge is 0.255 e. The topological polar surface area (TPSA) is 90.5 Å². The maximum Gasteiger partial charge on any atom is 0.255 e. The minimum absolute atomic E-state index is 0.104. The van der Waals surface area contributed by atoms with Crippen molar-refractivity contribution in [1.82, 2.24) is 20.9 Å². The predicted molar refractivity (Wildman–Crippen MR) is 102 cm³/mol. The second-order valence-corrected chi connectivity index (χ2v) is 8.59. The van der Waals surface area contributed by atoms with Gasteiger partial charge in [0.1, 0.15) is 6.04 Å². The highest BCUT2D eigenvalue weighted by Gasteiger charge is 2.53. The van der Waals surface area contributed by atoms with E-state index in [1.165, 1.54) is 12.8 Å². The first-order chi connectivity index (χ1) is 13.6. The average Bonchev–Trinajstić information content (AvgIpc) is 3.31. The molecule has 3 heterocycles. The summed E-state index contributed by atoms with van der Waals surface area (Å²) < 4.78 is 0. The molecule has 0 bridgehead atoms. The fraction of sp³-hybridized carbons (Fsp3) is 0.571. The third kappa shape index (κ3) is 3.02. The van der Waals surface area contributed by atoms with Crippen molar-refractivity contribution in [2.75, 3.05) is 13.1 Å². The fourth-order valence-corrected chi connectivity index (χ4v) is 5.07. The van der Waals surface area contributed by atoms with Gasteiger partial charge in [-0.05, 0) is 61.9 Å². The maximum atomic E-state index is 12.9. The maximum absolute atomic E-state index is 12.9. The van der Waals surface area contributed by atoms with Crippen LogP contribution in [0.5, 0.6) is 0 Å². The second kappa shape index (κ2) is 6.67. The van der Waals surface area contributed by atoms with E-state index >= 15 is 0 Å². The van der Waals surface area contributed by atoms with Crippen LogP contribution in [0.2, 0.25) is 0 Å². The van der Waals surface area contributed by atoms with Gasteiger partial charge in [-0.15, -0.1) is 0 Å². The van der Waals surface area contributed by atoms with Crippen LogP contribution in [0.25, 0.3) is 0 Å². The summed E-state index contributed by atoms with van der Waals surface area (Å²) in [4.78, 5) is 38.1. The highest BCUT2D eigenvalue weighted by atomic mass is 16.2. The highest BCUT2D eigenvalue weighted by Crippen LogP contribution is 2.49. The van der Waals surface area contributed by atoms with Gasteiger partial charge in [0.05, 0.1) is 0 Å². The monoisotopic (exact) mass is 382 g/mol. The van der Waals surface area contributed by atoms with Crippen molar-refractivity contribution in [1.29, 1.82) is 0 Å². The summed E-state index contributed by atoms with van der Waals surface area (Å²) in [6.07, 6.45) is 4.32. The van der Waals surface area contributed by atoms with E-state index in [0.717, 1.165) is 43.1 Å².